The van der Waals surface area contributed by atoms with Crippen LogP contribution >= 0.6 is 0 Å². The Morgan fingerprint density at radius 2 is 1.53 bits per heavy atom. The molecule has 3 aromatic carbocycles. The predicted octanol–water partition coefficient (Wildman–Crippen LogP) is 4.19. The number of methoxy groups -OCH3 is 3. The van der Waals surface area contributed by atoms with Crippen molar-refractivity contribution in [2.75, 3.05) is 21.3 Å². The number of carbonyl (C=O) groups excluding carboxylic acids is 1. The average molecular weight is 553 g/mol. The lowest BCUT2D eigenvalue weighted by molar-refractivity contribution is -0.137. The lowest BCUT2D eigenvalue weighted by Crippen LogP contribution is -2.20. The number of rotatable bonds is 10. The van der Waals surface area contributed by atoms with Gasteiger partial charge in [0.05, 0.1) is 39.5 Å². The van der Waals surface area contributed by atoms with E-state index in [9.17, 15) is 26.4 Å². The number of hydrogen-bond donors (Lipinski definition) is 1. The first-order chi connectivity index (χ1) is 18.0. The molecule has 0 spiro atoms. The van der Waals surface area contributed by atoms with Crippen molar-refractivity contribution in [3.8, 4) is 23.0 Å². The van der Waals surface area contributed by atoms with Crippen LogP contribution < -0.4 is 23.8 Å². The molecule has 0 atom stereocenters. The summed E-state index contributed by atoms with van der Waals surface area (Å²) in [6, 6.07) is 12.0. The quantitative estimate of drug-likeness (QED) is 0.228. The molecule has 9 nitrogen and oxygen atoms in total. The third kappa shape index (κ3) is 6.94. The Balaban J connectivity index is 1.73. The molecule has 0 aliphatic carbocycles. The third-order valence-electron chi connectivity index (χ3n) is 5.14. The third-order valence-corrected chi connectivity index (χ3v) is 6.38. The monoisotopic (exact) mass is 552 g/mol. The van der Waals surface area contributed by atoms with Crippen LogP contribution in [0.15, 0.2) is 70.7 Å². The molecule has 0 radical (unpaired) electrons. The zero-order chi connectivity index (χ0) is 27.9. The molecule has 0 aliphatic heterocycles. The first-order valence-corrected chi connectivity index (χ1v) is 12.2. The molecule has 3 aromatic rings. The molecule has 13 heteroatoms. The van der Waals surface area contributed by atoms with E-state index in [1.54, 1.807) is 18.2 Å². The average Bonchev–Trinajstić information content (AvgIpc) is 2.89. The van der Waals surface area contributed by atoms with Crippen molar-refractivity contribution in [2.24, 2.45) is 5.10 Å². The minimum Gasteiger partial charge on any atom is -0.496 e. The van der Waals surface area contributed by atoms with Gasteiger partial charge in [0.2, 0.25) is 5.91 Å². The van der Waals surface area contributed by atoms with Gasteiger partial charge in [-0.1, -0.05) is 12.1 Å². The highest BCUT2D eigenvalue weighted by molar-refractivity contribution is 7.87. The van der Waals surface area contributed by atoms with Gasteiger partial charge in [0, 0.05) is 23.3 Å². The van der Waals surface area contributed by atoms with Gasteiger partial charge >= 0.3 is 16.3 Å². The summed E-state index contributed by atoms with van der Waals surface area (Å²) < 4.78 is 84.5. The minimum atomic E-state index is -4.61. The molecule has 38 heavy (non-hydrogen) atoms. The number of hydrogen-bond acceptors (Lipinski definition) is 8. The zero-order valence-corrected chi connectivity index (χ0v) is 21.2. The number of alkyl halides is 3. The van der Waals surface area contributed by atoms with E-state index in [0.29, 0.717) is 34.9 Å². The number of carbonyl (C=O) groups is 1. The standard InChI is InChI=1S/C25H23F3N2O7S/c1-34-18-12-22(35-2)20(23(13-18)36-3)14-24(31)30-29-15-16-6-4-5-7-21(16)37-38(32,33)19-10-8-17(9-11-19)25(26,27)28/h4-13,15H,14H2,1-3H3,(H,30,31). The second-order valence-corrected chi connectivity index (χ2v) is 9.12. The number of ether oxygens (including phenoxy) is 3. The Morgan fingerprint density at radius 1 is 0.921 bits per heavy atom. The van der Waals surface area contributed by atoms with Crippen LogP contribution in [0.2, 0.25) is 0 Å². The molecule has 0 heterocycles. The number of hydrazone groups is 1. The summed E-state index contributed by atoms with van der Waals surface area (Å²) in [5.74, 6) is 0.534. The summed E-state index contributed by atoms with van der Waals surface area (Å²) in [7, 11) is -0.110. The van der Waals surface area contributed by atoms with Gasteiger partial charge in [0.25, 0.3) is 0 Å². The number of amides is 1. The molecule has 0 saturated heterocycles. The molecule has 0 aliphatic rings. The van der Waals surface area contributed by atoms with E-state index >= 15 is 0 Å². The summed E-state index contributed by atoms with van der Waals surface area (Å²) in [6.07, 6.45) is -3.60. The van der Waals surface area contributed by atoms with Gasteiger partial charge in [-0.2, -0.15) is 26.7 Å². The van der Waals surface area contributed by atoms with Gasteiger partial charge in [-0.25, -0.2) is 5.43 Å². The largest absolute Gasteiger partial charge is 0.496 e. The maximum Gasteiger partial charge on any atom is 0.416 e. The summed E-state index contributed by atoms with van der Waals surface area (Å²) >= 11 is 0. The van der Waals surface area contributed by atoms with Crippen LogP contribution in [0.4, 0.5) is 13.2 Å². The van der Waals surface area contributed by atoms with Crippen LogP contribution in [-0.2, 0) is 27.5 Å². The Labute approximate surface area is 216 Å². The molecule has 0 aromatic heterocycles. The van der Waals surface area contributed by atoms with Crippen molar-refractivity contribution in [2.45, 2.75) is 17.5 Å². The van der Waals surface area contributed by atoms with Crippen molar-refractivity contribution < 1.29 is 44.8 Å². The fourth-order valence-corrected chi connectivity index (χ4v) is 4.22. The van der Waals surface area contributed by atoms with Crippen molar-refractivity contribution in [1.29, 1.82) is 0 Å². The van der Waals surface area contributed by atoms with Crippen LogP contribution in [0.3, 0.4) is 0 Å². The fourth-order valence-electron chi connectivity index (χ4n) is 3.27. The summed E-state index contributed by atoms with van der Waals surface area (Å²) in [6.45, 7) is 0. The molecule has 3 rings (SSSR count). The van der Waals surface area contributed by atoms with Gasteiger partial charge in [-0.15, -0.1) is 0 Å². The van der Waals surface area contributed by atoms with Crippen LogP contribution in [0.5, 0.6) is 23.0 Å². The van der Waals surface area contributed by atoms with Crippen molar-refractivity contribution in [1.82, 2.24) is 5.43 Å². The zero-order valence-electron chi connectivity index (χ0n) is 20.4. The van der Waals surface area contributed by atoms with Crippen LogP contribution in [0.25, 0.3) is 0 Å². The summed E-state index contributed by atoms with van der Waals surface area (Å²) in [5.41, 5.74) is 1.97. The Kier molecular flexibility index (Phi) is 8.84. The number of nitrogens with one attached hydrogen (secondary N) is 1. The van der Waals surface area contributed by atoms with Crippen LogP contribution in [0.1, 0.15) is 16.7 Å². The Hall–Kier alpha value is -4.26. The SMILES string of the molecule is COc1cc(OC)c(CC(=O)NN=Cc2ccccc2OS(=O)(=O)c2ccc(C(F)(F)F)cc2)c(OC)c1. The van der Waals surface area contributed by atoms with E-state index in [0.717, 1.165) is 18.3 Å². The van der Waals surface area contributed by atoms with Crippen molar-refractivity contribution >= 4 is 22.2 Å². The smallest absolute Gasteiger partial charge is 0.416 e. The maximum absolute atomic E-state index is 12.8. The fraction of sp³-hybridized carbons (Fsp3) is 0.200. The van der Waals surface area contributed by atoms with Gasteiger partial charge in [-0.05, 0) is 36.4 Å². The van der Waals surface area contributed by atoms with E-state index < -0.39 is 32.7 Å². The van der Waals surface area contributed by atoms with E-state index in [2.05, 4.69) is 10.5 Å². The molecular formula is C25H23F3N2O7S. The van der Waals surface area contributed by atoms with E-state index in [1.165, 1.54) is 39.5 Å². The molecule has 0 unspecified atom stereocenters. The normalized spacial score (nSPS) is 11.7. The number of benzene rings is 3. The van der Waals surface area contributed by atoms with Gasteiger partial charge < -0.3 is 18.4 Å². The highest BCUT2D eigenvalue weighted by Crippen LogP contribution is 2.34. The highest BCUT2D eigenvalue weighted by atomic mass is 32.2. The van der Waals surface area contributed by atoms with E-state index in [1.807, 2.05) is 0 Å². The van der Waals surface area contributed by atoms with Gasteiger partial charge in [0.15, 0.2) is 5.75 Å². The lowest BCUT2D eigenvalue weighted by atomic mass is 10.1. The first-order valence-electron chi connectivity index (χ1n) is 10.8. The molecule has 1 N–H and O–H groups in total. The van der Waals surface area contributed by atoms with Crippen molar-refractivity contribution in [3.63, 3.8) is 0 Å². The number of para-hydroxylation sites is 1. The van der Waals surface area contributed by atoms with E-state index in [-0.39, 0.29) is 17.7 Å². The van der Waals surface area contributed by atoms with Gasteiger partial charge in [-0.3, -0.25) is 4.79 Å². The van der Waals surface area contributed by atoms with Gasteiger partial charge in [0.1, 0.15) is 22.1 Å². The van der Waals surface area contributed by atoms with E-state index in [4.69, 9.17) is 18.4 Å². The molecule has 202 valence electrons. The summed E-state index contributed by atoms with van der Waals surface area (Å²) in [4.78, 5) is 12.1. The van der Waals surface area contributed by atoms with Crippen LogP contribution in [-0.4, -0.2) is 41.9 Å². The summed E-state index contributed by atoms with van der Waals surface area (Å²) in [5, 5.41) is 3.85. The highest BCUT2D eigenvalue weighted by Gasteiger charge is 2.31. The first kappa shape index (κ1) is 28.3. The Morgan fingerprint density at radius 3 is 2.08 bits per heavy atom. The lowest BCUT2D eigenvalue weighted by Gasteiger charge is -2.14. The molecule has 0 bridgehead atoms. The second kappa shape index (κ2) is 11.9. The minimum absolute atomic E-state index is 0.149. The molecular weight excluding hydrogens is 529 g/mol. The topological polar surface area (TPSA) is 113 Å². The molecule has 0 saturated carbocycles. The predicted molar refractivity (Wildman–Crippen MR) is 131 cm³/mol. The molecule has 1 amide bonds. The number of halogens is 3. The number of nitrogens with zero attached hydrogens (tertiary/aromatic N) is 1. The second-order valence-electron chi connectivity index (χ2n) is 7.58. The Bertz CT molecular complexity index is 1400. The van der Waals surface area contributed by atoms with Crippen molar-refractivity contribution in [3.05, 3.63) is 77.4 Å². The maximum atomic E-state index is 12.8. The molecule has 0 fully saturated rings. The van der Waals surface area contributed by atoms with Crippen LogP contribution in [0, 0.1) is 0 Å².